The smallest absolute Gasteiger partial charge is 0.127 e. The summed E-state index contributed by atoms with van der Waals surface area (Å²) in [5.74, 6) is 4.50. The van der Waals surface area contributed by atoms with Gasteiger partial charge in [0.2, 0.25) is 0 Å². The third-order valence-corrected chi connectivity index (χ3v) is 5.99. The van der Waals surface area contributed by atoms with Crippen molar-refractivity contribution in [3.05, 3.63) is 12.8 Å². The monoisotopic (exact) mass is 271 g/mol. The van der Waals surface area contributed by atoms with Crippen LogP contribution in [0.1, 0.15) is 38.5 Å². The summed E-state index contributed by atoms with van der Waals surface area (Å²) in [6.45, 7) is 7.03. The maximum absolute atomic E-state index is 4.99. The highest BCUT2D eigenvalue weighted by Crippen LogP contribution is 2.49. The van der Waals surface area contributed by atoms with Crippen molar-refractivity contribution in [2.75, 3.05) is 19.6 Å². The topological polar surface area (TPSA) is 28.0 Å². The third kappa shape index (κ3) is 2.11. The number of nitrogens with zero attached hydrogens (tertiary/aromatic N) is 3. The second kappa shape index (κ2) is 5.01. The Morgan fingerprint density at radius 3 is 2.60 bits per heavy atom. The van der Waals surface area contributed by atoms with Crippen LogP contribution in [0.15, 0.2) is 22.8 Å². The van der Waals surface area contributed by atoms with E-state index >= 15 is 0 Å². The van der Waals surface area contributed by atoms with E-state index in [-0.39, 0.29) is 0 Å². The van der Waals surface area contributed by atoms with Crippen LogP contribution in [0.25, 0.3) is 0 Å². The van der Waals surface area contributed by atoms with Crippen LogP contribution in [-0.2, 0) is 0 Å². The molecule has 3 atom stereocenters. The van der Waals surface area contributed by atoms with Crippen molar-refractivity contribution < 1.29 is 0 Å². The molecular weight excluding hydrogens is 246 g/mol. The zero-order valence-electron chi connectivity index (χ0n) is 12.3. The molecule has 3 nitrogen and oxygen atoms in total. The summed E-state index contributed by atoms with van der Waals surface area (Å²) >= 11 is 0. The number of amidine groups is 1. The highest BCUT2D eigenvalue weighted by atomic mass is 15.1. The third-order valence-electron chi connectivity index (χ3n) is 5.99. The molecule has 1 saturated heterocycles. The largest absolute Gasteiger partial charge is 0.378 e. The Balaban J connectivity index is 1.40. The van der Waals surface area contributed by atoms with Gasteiger partial charge in [-0.3, -0.25) is 4.99 Å². The van der Waals surface area contributed by atoms with E-state index in [0.717, 1.165) is 31.5 Å². The molecule has 0 radical (unpaired) electrons. The van der Waals surface area contributed by atoms with E-state index in [1.54, 1.807) is 0 Å². The second-order valence-corrected chi connectivity index (χ2v) is 7.05. The molecule has 2 aliphatic carbocycles. The molecule has 2 bridgehead atoms. The number of fused-ring (bicyclic) bond motifs is 2. The standard InChI is InChI=1S/C17H25N3/c1-2-20-7-5-13(6-8-20)16-11-18-17(19-16)15-10-12-3-4-14(15)9-12/h2,12-15H,1,3-11H2. The molecule has 20 heavy (non-hydrogen) atoms. The van der Waals surface area contributed by atoms with Crippen LogP contribution in [-0.4, -0.2) is 36.1 Å². The molecule has 0 spiro atoms. The molecule has 2 heterocycles. The van der Waals surface area contributed by atoms with Crippen LogP contribution in [0.3, 0.4) is 0 Å². The van der Waals surface area contributed by atoms with Gasteiger partial charge in [0.15, 0.2) is 0 Å². The molecule has 3 heteroatoms. The van der Waals surface area contributed by atoms with Gasteiger partial charge in [-0.05, 0) is 50.1 Å². The van der Waals surface area contributed by atoms with Crippen molar-refractivity contribution in [3.63, 3.8) is 0 Å². The van der Waals surface area contributed by atoms with Crippen molar-refractivity contribution in [3.8, 4) is 0 Å². The molecule has 4 rings (SSSR count). The minimum atomic E-state index is 0.672. The van der Waals surface area contributed by atoms with Crippen molar-refractivity contribution in [1.82, 2.24) is 4.90 Å². The van der Waals surface area contributed by atoms with Gasteiger partial charge in [0, 0.05) is 30.6 Å². The Bertz CT molecular complexity index is 457. The average Bonchev–Trinajstić information content (AvgIpc) is 3.23. The summed E-state index contributed by atoms with van der Waals surface area (Å²) in [5, 5.41) is 0. The van der Waals surface area contributed by atoms with Gasteiger partial charge in [-0.15, -0.1) is 0 Å². The Labute approximate surface area is 121 Å². The van der Waals surface area contributed by atoms with Crippen molar-refractivity contribution in [2.24, 2.45) is 33.7 Å². The van der Waals surface area contributed by atoms with E-state index in [2.05, 4.69) is 11.5 Å². The molecule has 0 aromatic carbocycles. The Morgan fingerprint density at radius 1 is 1.10 bits per heavy atom. The van der Waals surface area contributed by atoms with E-state index in [0.29, 0.717) is 11.8 Å². The number of rotatable bonds is 3. The molecular formula is C17H25N3. The molecule has 3 fully saturated rings. The van der Waals surface area contributed by atoms with Crippen LogP contribution in [0, 0.1) is 23.7 Å². The summed E-state index contributed by atoms with van der Waals surface area (Å²) in [4.78, 5) is 12.1. The highest BCUT2D eigenvalue weighted by molar-refractivity contribution is 6.06. The maximum atomic E-state index is 4.99. The van der Waals surface area contributed by atoms with E-state index in [1.807, 2.05) is 6.20 Å². The summed E-state index contributed by atoms with van der Waals surface area (Å²) in [6.07, 6.45) is 10.1. The van der Waals surface area contributed by atoms with Crippen molar-refractivity contribution >= 4 is 11.5 Å². The Kier molecular flexibility index (Phi) is 3.16. The summed E-state index contributed by atoms with van der Waals surface area (Å²) in [6, 6.07) is 0. The first-order chi connectivity index (χ1) is 9.83. The fraction of sp³-hybridized carbons (Fsp3) is 0.765. The highest BCUT2D eigenvalue weighted by Gasteiger charge is 2.42. The first-order valence-electron chi connectivity index (χ1n) is 8.32. The minimum Gasteiger partial charge on any atom is -0.378 e. The first kappa shape index (κ1) is 12.6. The van der Waals surface area contributed by atoms with Gasteiger partial charge in [0.1, 0.15) is 5.84 Å². The Morgan fingerprint density at radius 2 is 1.95 bits per heavy atom. The zero-order chi connectivity index (χ0) is 13.5. The quantitative estimate of drug-likeness (QED) is 0.775. The first-order valence-corrected chi connectivity index (χ1v) is 8.32. The van der Waals surface area contributed by atoms with Crippen molar-refractivity contribution in [2.45, 2.75) is 38.5 Å². The Hall–Kier alpha value is -1.12. The van der Waals surface area contributed by atoms with Crippen molar-refractivity contribution in [1.29, 1.82) is 0 Å². The molecule has 0 N–H and O–H groups in total. The molecule has 0 aromatic heterocycles. The normalized spacial score (nSPS) is 37.2. The summed E-state index contributed by atoms with van der Waals surface area (Å²) in [7, 11) is 0. The van der Waals surface area contributed by atoms with E-state index < -0.39 is 0 Å². The molecule has 0 amide bonds. The fourth-order valence-corrected chi connectivity index (χ4v) is 4.78. The number of hydrogen-bond donors (Lipinski definition) is 0. The number of aliphatic imine (C=N–C) groups is 2. The zero-order valence-corrected chi connectivity index (χ0v) is 12.3. The maximum Gasteiger partial charge on any atom is 0.127 e. The van der Waals surface area contributed by atoms with Gasteiger partial charge < -0.3 is 4.90 Å². The molecule has 108 valence electrons. The number of hydrogen-bond acceptors (Lipinski definition) is 3. The predicted octanol–water partition coefficient (Wildman–Crippen LogP) is 3.13. The molecule has 4 aliphatic rings. The van der Waals surface area contributed by atoms with E-state index in [1.165, 1.54) is 50.1 Å². The number of likely N-dealkylation sites (tertiary alicyclic amines) is 1. The molecule has 2 saturated carbocycles. The molecule has 3 unspecified atom stereocenters. The lowest BCUT2D eigenvalue weighted by atomic mass is 9.88. The van der Waals surface area contributed by atoms with E-state index in [4.69, 9.17) is 9.98 Å². The lowest BCUT2D eigenvalue weighted by Gasteiger charge is -2.30. The minimum absolute atomic E-state index is 0.672. The van der Waals surface area contributed by atoms with Crippen LogP contribution in [0.2, 0.25) is 0 Å². The van der Waals surface area contributed by atoms with Gasteiger partial charge in [0.05, 0.1) is 6.54 Å². The SMILES string of the molecule is C=CN1CCC(C2=NC(C3CC4CCC3C4)=NC2)CC1. The lowest BCUT2D eigenvalue weighted by Crippen LogP contribution is -2.33. The fourth-order valence-electron chi connectivity index (χ4n) is 4.78. The van der Waals surface area contributed by atoms with E-state index in [9.17, 15) is 0 Å². The second-order valence-electron chi connectivity index (χ2n) is 7.05. The average molecular weight is 271 g/mol. The molecule has 0 aromatic rings. The number of piperidine rings is 1. The van der Waals surface area contributed by atoms with Crippen LogP contribution in [0.5, 0.6) is 0 Å². The van der Waals surface area contributed by atoms with Gasteiger partial charge in [-0.1, -0.05) is 13.0 Å². The van der Waals surface area contributed by atoms with Crippen LogP contribution in [0.4, 0.5) is 0 Å². The van der Waals surface area contributed by atoms with Gasteiger partial charge in [-0.2, -0.15) is 0 Å². The summed E-state index contributed by atoms with van der Waals surface area (Å²) in [5.41, 5.74) is 1.38. The lowest BCUT2D eigenvalue weighted by molar-refractivity contribution is 0.281. The van der Waals surface area contributed by atoms with Gasteiger partial charge in [-0.25, -0.2) is 4.99 Å². The predicted molar refractivity (Wildman–Crippen MR) is 83.2 cm³/mol. The van der Waals surface area contributed by atoms with Gasteiger partial charge >= 0.3 is 0 Å². The summed E-state index contributed by atoms with van der Waals surface area (Å²) < 4.78 is 0. The van der Waals surface area contributed by atoms with Gasteiger partial charge in [0.25, 0.3) is 0 Å². The van der Waals surface area contributed by atoms with Crippen LogP contribution >= 0.6 is 0 Å². The van der Waals surface area contributed by atoms with Crippen LogP contribution < -0.4 is 0 Å². The molecule has 2 aliphatic heterocycles.